The zero-order valence-corrected chi connectivity index (χ0v) is 9.11. The van der Waals surface area contributed by atoms with Gasteiger partial charge in [0.05, 0.1) is 6.61 Å². The van der Waals surface area contributed by atoms with Crippen LogP contribution in [0, 0.1) is 0 Å². The maximum atomic E-state index is 11.3. The predicted molar refractivity (Wildman–Crippen MR) is 60.1 cm³/mol. The standard InChI is InChI=1S/C11H18N2O2/c1-15-10-7-12-6-4-9-13-8-3-2-5-11(13)14/h2-3,5,8,12H,4,6-7,9-10H2,1H3. The maximum Gasteiger partial charge on any atom is 0.250 e. The summed E-state index contributed by atoms with van der Waals surface area (Å²) in [6.45, 7) is 3.26. The van der Waals surface area contributed by atoms with E-state index in [0.717, 1.165) is 32.7 Å². The van der Waals surface area contributed by atoms with Gasteiger partial charge in [-0.2, -0.15) is 0 Å². The van der Waals surface area contributed by atoms with E-state index in [-0.39, 0.29) is 5.56 Å². The first-order valence-corrected chi connectivity index (χ1v) is 5.19. The number of pyridine rings is 1. The largest absolute Gasteiger partial charge is 0.383 e. The van der Waals surface area contributed by atoms with Crippen LogP contribution in [0.1, 0.15) is 6.42 Å². The molecule has 0 aromatic carbocycles. The summed E-state index contributed by atoms with van der Waals surface area (Å²) >= 11 is 0. The monoisotopic (exact) mass is 210 g/mol. The van der Waals surface area contributed by atoms with E-state index in [0.29, 0.717) is 0 Å². The summed E-state index contributed by atoms with van der Waals surface area (Å²) in [4.78, 5) is 11.3. The number of methoxy groups -OCH3 is 1. The molecule has 0 aliphatic rings. The van der Waals surface area contributed by atoms with E-state index < -0.39 is 0 Å². The lowest BCUT2D eigenvalue weighted by atomic mass is 10.4. The van der Waals surface area contributed by atoms with E-state index in [4.69, 9.17) is 4.74 Å². The molecule has 4 heteroatoms. The van der Waals surface area contributed by atoms with E-state index in [2.05, 4.69) is 5.32 Å². The molecule has 0 aliphatic heterocycles. The second kappa shape index (κ2) is 7.20. The smallest absolute Gasteiger partial charge is 0.250 e. The highest BCUT2D eigenvalue weighted by molar-refractivity contribution is 4.92. The quantitative estimate of drug-likeness (QED) is 0.665. The average Bonchev–Trinajstić information content (AvgIpc) is 2.25. The number of nitrogens with zero attached hydrogens (tertiary/aromatic N) is 1. The zero-order chi connectivity index (χ0) is 10.9. The molecule has 84 valence electrons. The lowest BCUT2D eigenvalue weighted by molar-refractivity contribution is 0.199. The Bertz CT molecular complexity index is 322. The first-order chi connectivity index (χ1) is 7.34. The third kappa shape index (κ3) is 4.76. The number of ether oxygens (including phenoxy) is 1. The van der Waals surface area contributed by atoms with Crippen LogP contribution >= 0.6 is 0 Å². The van der Waals surface area contributed by atoms with Gasteiger partial charge in [-0.15, -0.1) is 0 Å². The molecule has 0 spiro atoms. The SMILES string of the molecule is COCCNCCCn1ccccc1=O. The van der Waals surface area contributed by atoms with Gasteiger partial charge in [0.2, 0.25) is 5.56 Å². The van der Waals surface area contributed by atoms with Gasteiger partial charge in [-0.3, -0.25) is 4.79 Å². The number of rotatable bonds is 7. The van der Waals surface area contributed by atoms with Gasteiger partial charge >= 0.3 is 0 Å². The molecule has 0 saturated heterocycles. The summed E-state index contributed by atoms with van der Waals surface area (Å²) in [6.07, 6.45) is 2.77. The molecular formula is C11H18N2O2. The van der Waals surface area contributed by atoms with Crippen LogP contribution in [0.5, 0.6) is 0 Å². The first kappa shape index (κ1) is 11.9. The Hall–Kier alpha value is -1.13. The summed E-state index contributed by atoms with van der Waals surface area (Å²) in [7, 11) is 1.69. The minimum absolute atomic E-state index is 0.0643. The van der Waals surface area contributed by atoms with Gasteiger partial charge in [0.1, 0.15) is 0 Å². The first-order valence-electron chi connectivity index (χ1n) is 5.19. The fraction of sp³-hybridized carbons (Fsp3) is 0.545. The molecular weight excluding hydrogens is 192 g/mol. The summed E-state index contributed by atoms with van der Waals surface area (Å²) in [5.41, 5.74) is 0.0643. The summed E-state index contributed by atoms with van der Waals surface area (Å²) in [5.74, 6) is 0. The minimum atomic E-state index is 0.0643. The van der Waals surface area contributed by atoms with Crippen molar-refractivity contribution in [1.29, 1.82) is 0 Å². The molecule has 1 rings (SSSR count). The number of hydrogen-bond donors (Lipinski definition) is 1. The fourth-order valence-electron chi connectivity index (χ4n) is 1.32. The molecule has 1 heterocycles. The van der Waals surface area contributed by atoms with Crippen molar-refractivity contribution in [2.75, 3.05) is 26.8 Å². The molecule has 0 saturated carbocycles. The van der Waals surface area contributed by atoms with Crippen molar-refractivity contribution < 1.29 is 4.74 Å². The van der Waals surface area contributed by atoms with Crippen molar-refractivity contribution in [3.8, 4) is 0 Å². The van der Waals surface area contributed by atoms with Crippen molar-refractivity contribution in [2.45, 2.75) is 13.0 Å². The van der Waals surface area contributed by atoms with Gasteiger partial charge in [0.25, 0.3) is 0 Å². The number of aromatic nitrogens is 1. The summed E-state index contributed by atoms with van der Waals surface area (Å²) in [6, 6.07) is 5.22. The molecule has 4 nitrogen and oxygen atoms in total. The topological polar surface area (TPSA) is 43.3 Å². The number of hydrogen-bond acceptors (Lipinski definition) is 3. The molecule has 0 unspecified atom stereocenters. The maximum absolute atomic E-state index is 11.3. The highest BCUT2D eigenvalue weighted by atomic mass is 16.5. The molecule has 0 bridgehead atoms. The molecule has 0 amide bonds. The summed E-state index contributed by atoms with van der Waals surface area (Å²) < 4.78 is 6.63. The molecule has 1 aromatic rings. The third-order valence-electron chi connectivity index (χ3n) is 2.13. The molecule has 1 aromatic heterocycles. The molecule has 0 radical (unpaired) electrons. The Balaban J connectivity index is 2.15. The summed E-state index contributed by atoms with van der Waals surface area (Å²) in [5, 5.41) is 3.24. The van der Waals surface area contributed by atoms with E-state index in [1.807, 2.05) is 12.3 Å². The lowest BCUT2D eigenvalue weighted by Crippen LogP contribution is -2.24. The average molecular weight is 210 g/mol. The Morgan fingerprint density at radius 2 is 2.27 bits per heavy atom. The lowest BCUT2D eigenvalue weighted by Gasteiger charge is -2.05. The van der Waals surface area contributed by atoms with Crippen LogP contribution in [0.3, 0.4) is 0 Å². The van der Waals surface area contributed by atoms with Gasteiger partial charge < -0.3 is 14.6 Å². The van der Waals surface area contributed by atoms with E-state index >= 15 is 0 Å². The molecule has 0 aliphatic carbocycles. The van der Waals surface area contributed by atoms with E-state index in [1.54, 1.807) is 23.8 Å². The van der Waals surface area contributed by atoms with Crippen molar-refractivity contribution in [2.24, 2.45) is 0 Å². The fourth-order valence-corrected chi connectivity index (χ4v) is 1.32. The van der Waals surface area contributed by atoms with E-state index in [1.165, 1.54) is 0 Å². The number of nitrogens with one attached hydrogen (secondary N) is 1. The van der Waals surface area contributed by atoms with Gasteiger partial charge in [0, 0.05) is 32.5 Å². The predicted octanol–water partition coefficient (Wildman–Crippen LogP) is 0.474. The normalized spacial score (nSPS) is 10.5. The van der Waals surface area contributed by atoms with Crippen molar-refractivity contribution in [1.82, 2.24) is 9.88 Å². The van der Waals surface area contributed by atoms with Crippen LogP contribution in [-0.4, -0.2) is 31.4 Å². The Morgan fingerprint density at radius 1 is 1.40 bits per heavy atom. The third-order valence-corrected chi connectivity index (χ3v) is 2.13. The number of aryl methyl sites for hydroxylation is 1. The zero-order valence-electron chi connectivity index (χ0n) is 9.11. The van der Waals surface area contributed by atoms with Crippen LogP contribution in [0.4, 0.5) is 0 Å². The van der Waals surface area contributed by atoms with Crippen molar-refractivity contribution in [3.63, 3.8) is 0 Å². The van der Waals surface area contributed by atoms with Crippen molar-refractivity contribution in [3.05, 3.63) is 34.7 Å². The minimum Gasteiger partial charge on any atom is -0.383 e. The highest BCUT2D eigenvalue weighted by Crippen LogP contribution is 1.86. The Labute approximate surface area is 89.9 Å². The molecule has 0 atom stereocenters. The van der Waals surface area contributed by atoms with Crippen molar-refractivity contribution >= 4 is 0 Å². The Kier molecular flexibility index (Phi) is 5.73. The molecule has 1 N–H and O–H groups in total. The van der Waals surface area contributed by atoms with Crippen LogP contribution in [0.15, 0.2) is 29.2 Å². The molecule has 0 fully saturated rings. The van der Waals surface area contributed by atoms with Crippen LogP contribution in [-0.2, 0) is 11.3 Å². The van der Waals surface area contributed by atoms with Crippen LogP contribution < -0.4 is 10.9 Å². The van der Waals surface area contributed by atoms with Gasteiger partial charge in [-0.05, 0) is 19.0 Å². The highest BCUT2D eigenvalue weighted by Gasteiger charge is 1.93. The second-order valence-electron chi connectivity index (χ2n) is 3.33. The second-order valence-corrected chi connectivity index (χ2v) is 3.33. The van der Waals surface area contributed by atoms with Gasteiger partial charge in [-0.1, -0.05) is 6.07 Å². The van der Waals surface area contributed by atoms with Gasteiger partial charge in [-0.25, -0.2) is 0 Å². The van der Waals surface area contributed by atoms with E-state index in [9.17, 15) is 4.79 Å². The van der Waals surface area contributed by atoms with Crippen LogP contribution in [0.25, 0.3) is 0 Å². The Morgan fingerprint density at radius 3 is 3.00 bits per heavy atom. The van der Waals surface area contributed by atoms with Crippen LogP contribution in [0.2, 0.25) is 0 Å². The van der Waals surface area contributed by atoms with Gasteiger partial charge in [0.15, 0.2) is 0 Å². The molecule has 15 heavy (non-hydrogen) atoms.